The van der Waals surface area contributed by atoms with Crippen molar-refractivity contribution in [1.29, 1.82) is 0 Å². The minimum Gasteiger partial charge on any atom is -0.325 e. The topological polar surface area (TPSA) is 96.5 Å². The van der Waals surface area contributed by atoms with Gasteiger partial charge in [-0.3, -0.25) is 19.1 Å². The van der Waals surface area contributed by atoms with Gasteiger partial charge >= 0.3 is 6.36 Å². The first-order valence-electron chi connectivity index (χ1n) is 11.6. The van der Waals surface area contributed by atoms with Crippen LogP contribution in [0.2, 0.25) is 15.1 Å². The molecule has 3 aromatic carbocycles. The van der Waals surface area contributed by atoms with Gasteiger partial charge in [0.25, 0.3) is 11.8 Å². The molecule has 0 radical (unpaired) electrons. The van der Waals surface area contributed by atoms with Gasteiger partial charge in [0.15, 0.2) is 5.82 Å². The number of carbonyl (C=O) groups is 3. The summed E-state index contributed by atoms with van der Waals surface area (Å²) in [5.41, 5.74) is -1.72. The van der Waals surface area contributed by atoms with Crippen molar-refractivity contribution in [3.05, 3.63) is 86.4 Å². The predicted octanol–water partition coefficient (Wildman–Crippen LogP) is 8.57. The van der Waals surface area contributed by atoms with Gasteiger partial charge in [-0.15, -0.1) is 36.4 Å². The van der Waals surface area contributed by atoms with Crippen LogP contribution in [0.25, 0.3) is 0 Å². The summed E-state index contributed by atoms with van der Waals surface area (Å²) >= 11 is 30.7. The summed E-state index contributed by atoms with van der Waals surface area (Å²) in [5.74, 6) is -7.30. The first-order valence-corrected chi connectivity index (χ1v) is 13.5. The quantitative estimate of drug-likeness (QED) is 0.153. The maximum Gasteiger partial charge on any atom is 0.523 e. The van der Waals surface area contributed by atoms with Crippen molar-refractivity contribution < 1.29 is 41.1 Å². The summed E-state index contributed by atoms with van der Waals surface area (Å²) in [6.45, 7) is -0.202. The Morgan fingerprint density at radius 2 is 1.51 bits per heavy atom. The average Bonchev–Trinajstić information content (AvgIpc) is 2.89. The molecule has 0 aliphatic carbocycles. The van der Waals surface area contributed by atoms with Gasteiger partial charge in [-0.2, -0.15) is 0 Å². The number of halogens is 10. The number of hydrogen-bond donors (Lipinski definition) is 3. The predicted molar refractivity (Wildman–Crippen MR) is 154 cm³/mol. The van der Waals surface area contributed by atoms with E-state index in [1.165, 1.54) is 37.3 Å². The van der Waals surface area contributed by atoms with Crippen molar-refractivity contribution in [3.8, 4) is 0 Å². The van der Waals surface area contributed by atoms with Crippen molar-refractivity contribution in [2.75, 3.05) is 22.6 Å². The molecule has 0 aliphatic rings. The largest absolute Gasteiger partial charge is 0.523 e. The Hall–Kier alpha value is -2.87. The lowest BCUT2D eigenvalue weighted by atomic mass is 9.94. The van der Waals surface area contributed by atoms with Crippen LogP contribution in [0.15, 0.2) is 48.5 Å². The second-order valence-corrected chi connectivity index (χ2v) is 11.8. The standard InChI is InChI=1S/C26H17Cl5F5N3O4/c1-25(30,31)20(11-2-4-15(28)16(29)8-11)24(42)37-12-3-5-14(27)13(9-12)23(41)38-18-7-6-17(32)22(21(18)33)39-19(40)10-43-26(34,35)36/h2-9,20H,10H2,1H3,(H,37,42)(H,38,41)(H,39,40)/t20-/m0/s1. The van der Waals surface area contributed by atoms with Crippen LogP contribution in [0.3, 0.4) is 0 Å². The van der Waals surface area contributed by atoms with E-state index in [-0.39, 0.29) is 26.3 Å². The van der Waals surface area contributed by atoms with Crippen LogP contribution in [-0.2, 0) is 14.3 Å². The van der Waals surface area contributed by atoms with Gasteiger partial charge in [-0.1, -0.05) is 40.9 Å². The third-order valence-electron chi connectivity index (χ3n) is 5.50. The fourth-order valence-corrected chi connectivity index (χ4v) is 4.59. The molecule has 230 valence electrons. The lowest BCUT2D eigenvalue weighted by molar-refractivity contribution is -0.320. The Bertz CT molecular complexity index is 1570. The lowest BCUT2D eigenvalue weighted by Crippen LogP contribution is -2.32. The number of ether oxygens (including phenoxy) is 1. The number of hydrogen-bond acceptors (Lipinski definition) is 4. The molecule has 1 atom stereocenters. The summed E-state index contributed by atoms with van der Waals surface area (Å²) in [6, 6.07) is 9.54. The third-order valence-corrected chi connectivity index (χ3v) is 7.00. The van der Waals surface area contributed by atoms with Crippen LogP contribution in [0.4, 0.5) is 39.0 Å². The first kappa shape index (κ1) is 34.6. The number of nitrogens with one attached hydrogen (secondary N) is 3. The minimum atomic E-state index is -5.16. The molecule has 3 rings (SSSR count). The Morgan fingerprint density at radius 1 is 0.860 bits per heavy atom. The van der Waals surface area contributed by atoms with Crippen LogP contribution >= 0.6 is 58.0 Å². The summed E-state index contributed by atoms with van der Waals surface area (Å²) in [6.07, 6.45) is -5.16. The van der Waals surface area contributed by atoms with Crippen molar-refractivity contribution in [2.24, 2.45) is 0 Å². The molecule has 0 aliphatic heterocycles. The fourth-order valence-electron chi connectivity index (χ4n) is 3.63. The van der Waals surface area contributed by atoms with E-state index in [1.54, 1.807) is 5.32 Å². The van der Waals surface area contributed by atoms with E-state index in [4.69, 9.17) is 58.0 Å². The zero-order chi connectivity index (χ0) is 32.3. The smallest absolute Gasteiger partial charge is 0.325 e. The highest BCUT2D eigenvalue weighted by molar-refractivity contribution is 6.50. The first-order chi connectivity index (χ1) is 19.9. The summed E-state index contributed by atoms with van der Waals surface area (Å²) in [7, 11) is 0. The van der Waals surface area contributed by atoms with Gasteiger partial charge in [0.05, 0.1) is 32.2 Å². The molecule has 3 N–H and O–H groups in total. The molecule has 3 amide bonds. The third kappa shape index (κ3) is 9.31. The summed E-state index contributed by atoms with van der Waals surface area (Å²) < 4.78 is 67.3. The molecule has 0 saturated heterocycles. The van der Waals surface area contributed by atoms with Gasteiger partial charge in [0.2, 0.25) is 5.91 Å². The van der Waals surface area contributed by atoms with Gasteiger partial charge in [0, 0.05) is 5.69 Å². The molecular weight excluding hydrogens is 691 g/mol. The summed E-state index contributed by atoms with van der Waals surface area (Å²) in [4.78, 5) is 37.9. The van der Waals surface area contributed by atoms with Crippen LogP contribution in [0, 0.1) is 11.6 Å². The monoisotopic (exact) mass is 705 g/mol. The lowest BCUT2D eigenvalue weighted by Gasteiger charge is -2.26. The van der Waals surface area contributed by atoms with Crippen molar-refractivity contribution in [1.82, 2.24) is 0 Å². The van der Waals surface area contributed by atoms with E-state index in [2.05, 4.69) is 15.4 Å². The van der Waals surface area contributed by atoms with Gasteiger partial charge in [0.1, 0.15) is 22.4 Å². The van der Waals surface area contributed by atoms with Crippen LogP contribution in [0.5, 0.6) is 0 Å². The highest BCUT2D eigenvalue weighted by Crippen LogP contribution is 2.40. The Balaban J connectivity index is 1.83. The number of anilines is 3. The molecule has 0 aromatic heterocycles. The maximum atomic E-state index is 14.9. The highest BCUT2D eigenvalue weighted by atomic mass is 35.5. The number of amides is 3. The zero-order valence-electron chi connectivity index (χ0n) is 21.3. The average molecular weight is 708 g/mol. The van der Waals surface area contributed by atoms with E-state index in [1.807, 2.05) is 0 Å². The van der Waals surface area contributed by atoms with Crippen molar-refractivity contribution in [3.63, 3.8) is 0 Å². The van der Waals surface area contributed by atoms with Gasteiger partial charge in [-0.25, -0.2) is 8.78 Å². The molecule has 17 heteroatoms. The number of carbonyl (C=O) groups excluding carboxylic acids is 3. The highest BCUT2D eigenvalue weighted by Gasteiger charge is 2.38. The SMILES string of the molecule is CC(Cl)(Cl)[C@H](C(=O)Nc1ccc(Cl)c(C(=O)Nc2ccc(F)c(NC(=O)COC(F)(F)F)c2F)c1)c1ccc(Cl)c(Cl)c1. The molecule has 3 aromatic rings. The van der Waals surface area contributed by atoms with E-state index in [0.29, 0.717) is 11.6 Å². The van der Waals surface area contributed by atoms with Crippen LogP contribution in [0.1, 0.15) is 28.8 Å². The molecule has 0 bridgehead atoms. The minimum absolute atomic E-state index is 0.0411. The van der Waals surface area contributed by atoms with Crippen molar-refractivity contribution >= 4 is 92.8 Å². The maximum absolute atomic E-state index is 14.9. The van der Waals surface area contributed by atoms with E-state index < -0.39 is 64.0 Å². The van der Waals surface area contributed by atoms with Crippen LogP contribution in [-0.4, -0.2) is 35.0 Å². The molecule has 0 unspecified atom stereocenters. The van der Waals surface area contributed by atoms with Crippen molar-refractivity contribution in [2.45, 2.75) is 23.5 Å². The number of alkyl halides is 5. The fraction of sp³-hybridized carbons (Fsp3) is 0.192. The Morgan fingerprint density at radius 3 is 2.12 bits per heavy atom. The molecule has 0 spiro atoms. The second kappa shape index (κ2) is 13.8. The van der Waals surface area contributed by atoms with E-state index in [0.717, 1.165) is 12.1 Å². The molecule has 0 fully saturated rings. The molecular formula is C26H17Cl5F5N3O4. The Labute approximate surface area is 265 Å². The van der Waals surface area contributed by atoms with E-state index >= 15 is 0 Å². The molecule has 0 saturated carbocycles. The second-order valence-electron chi connectivity index (χ2n) is 8.77. The van der Waals surface area contributed by atoms with Crippen LogP contribution < -0.4 is 16.0 Å². The Kier molecular flexibility index (Phi) is 11.1. The summed E-state index contributed by atoms with van der Waals surface area (Å²) in [5, 5.41) is 6.52. The molecule has 7 nitrogen and oxygen atoms in total. The van der Waals surface area contributed by atoms with Gasteiger partial charge < -0.3 is 16.0 Å². The molecule has 43 heavy (non-hydrogen) atoms. The normalized spacial score (nSPS) is 12.4. The number of benzene rings is 3. The zero-order valence-corrected chi connectivity index (χ0v) is 25.1. The molecule has 0 heterocycles. The number of rotatable bonds is 9. The van der Waals surface area contributed by atoms with E-state index in [9.17, 15) is 36.3 Å². The van der Waals surface area contributed by atoms with Gasteiger partial charge in [-0.05, 0) is 55.0 Å².